The lowest BCUT2D eigenvalue weighted by Gasteiger charge is -2.46. The van der Waals surface area contributed by atoms with E-state index in [0.29, 0.717) is 6.54 Å². The summed E-state index contributed by atoms with van der Waals surface area (Å²) in [6.07, 6.45) is 0. The molecule has 4 nitrogen and oxygen atoms in total. The Morgan fingerprint density at radius 1 is 1.29 bits per heavy atom. The molecule has 1 fully saturated rings. The zero-order chi connectivity index (χ0) is 16.2. The molecule has 1 aromatic rings. The van der Waals surface area contributed by atoms with E-state index in [0.717, 1.165) is 10.2 Å². The Bertz CT molecular complexity index is 529. The highest BCUT2D eigenvalue weighted by Crippen LogP contribution is 2.30. The van der Waals surface area contributed by atoms with E-state index in [4.69, 9.17) is 0 Å². The summed E-state index contributed by atoms with van der Waals surface area (Å²) in [5, 5.41) is 0. The molecule has 1 aliphatic rings. The number of hydrogen-bond acceptors (Lipinski definition) is 2. The van der Waals surface area contributed by atoms with Crippen LogP contribution in [0, 0.1) is 0 Å². The zero-order valence-corrected chi connectivity index (χ0v) is 14.9. The quantitative estimate of drug-likeness (QED) is 0.774. The lowest BCUT2D eigenvalue weighted by Crippen LogP contribution is -2.63. The van der Waals surface area contributed by atoms with Crippen LogP contribution in [0.3, 0.4) is 0 Å². The second-order valence-corrected chi connectivity index (χ2v) is 6.31. The van der Waals surface area contributed by atoms with Crippen LogP contribution in [-0.2, 0) is 9.59 Å². The first-order valence-electron chi connectivity index (χ1n) is 7.15. The van der Waals surface area contributed by atoms with E-state index in [9.17, 15) is 9.59 Å². The smallest absolute Gasteiger partial charge is 0.247 e. The molecule has 1 heterocycles. The van der Waals surface area contributed by atoms with Crippen LogP contribution in [0.1, 0.15) is 34.6 Å². The maximum Gasteiger partial charge on any atom is 0.247 e. The van der Waals surface area contributed by atoms with Crippen molar-refractivity contribution in [2.75, 3.05) is 18.0 Å². The van der Waals surface area contributed by atoms with Gasteiger partial charge in [-0.3, -0.25) is 9.59 Å². The number of halogens is 1. The van der Waals surface area contributed by atoms with Crippen LogP contribution in [0.15, 0.2) is 28.7 Å². The Labute approximate surface area is 135 Å². The van der Waals surface area contributed by atoms with Gasteiger partial charge in [0, 0.05) is 23.6 Å². The third-order valence-electron chi connectivity index (χ3n) is 3.27. The molecule has 0 atom stereocenters. The van der Waals surface area contributed by atoms with Gasteiger partial charge in [-0.2, -0.15) is 0 Å². The molecule has 0 aliphatic carbocycles. The zero-order valence-electron chi connectivity index (χ0n) is 13.3. The number of carbonyl (C=O) groups is 2. The molecule has 0 N–H and O–H groups in total. The van der Waals surface area contributed by atoms with E-state index in [1.165, 1.54) is 6.92 Å². The number of carbonyl (C=O) groups excluding carboxylic acids is 2. The minimum Gasteiger partial charge on any atom is -0.331 e. The SMILES string of the molecule is CC.CC(=O)N1CC(=O)N(c2cccc(Br)c2)C(C)(C)C1. The number of piperazine rings is 1. The largest absolute Gasteiger partial charge is 0.331 e. The first-order valence-corrected chi connectivity index (χ1v) is 7.95. The van der Waals surface area contributed by atoms with E-state index in [1.54, 1.807) is 9.80 Å². The van der Waals surface area contributed by atoms with Crippen LogP contribution in [-0.4, -0.2) is 35.3 Å². The number of hydrogen-bond donors (Lipinski definition) is 0. The van der Waals surface area contributed by atoms with Gasteiger partial charge in [-0.1, -0.05) is 35.8 Å². The molecule has 1 aromatic carbocycles. The summed E-state index contributed by atoms with van der Waals surface area (Å²) in [5.74, 6) is -0.111. The summed E-state index contributed by atoms with van der Waals surface area (Å²) in [6.45, 7) is 10.1. The van der Waals surface area contributed by atoms with E-state index in [2.05, 4.69) is 15.9 Å². The molecule has 0 spiro atoms. The monoisotopic (exact) mass is 354 g/mol. The maximum absolute atomic E-state index is 12.4. The van der Waals surface area contributed by atoms with Gasteiger partial charge in [0.05, 0.1) is 5.54 Å². The van der Waals surface area contributed by atoms with Crippen LogP contribution in [0.4, 0.5) is 5.69 Å². The molecule has 21 heavy (non-hydrogen) atoms. The minimum atomic E-state index is -0.415. The summed E-state index contributed by atoms with van der Waals surface area (Å²) >= 11 is 3.42. The fourth-order valence-corrected chi connectivity index (χ4v) is 2.88. The van der Waals surface area contributed by atoms with Gasteiger partial charge >= 0.3 is 0 Å². The summed E-state index contributed by atoms with van der Waals surface area (Å²) in [7, 11) is 0. The third kappa shape index (κ3) is 4.06. The fourth-order valence-electron chi connectivity index (χ4n) is 2.50. The summed E-state index contributed by atoms with van der Waals surface area (Å²) < 4.78 is 0.933. The van der Waals surface area contributed by atoms with E-state index in [1.807, 2.05) is 52.0 Å². The van der Waals surface area contributed by atoms with Crippen LogP contribution in [0.2, 0.25) is 0 Å². The highest BCUT2D eigenvalue weighted by atomic mass is 79.9. The van der Waals surface area contributed by atoms with Gasteiger partial charge < -0.3 is 9.80 Å². The molecule has 0 radical (unpaired) electrons. The van der Waals surface area contributed by atoms with Crippen molar-refractivity contribution < 1.29 is 9.59 Å². The number of amides is 2. The van der Waals surface area contributed by atoms with Crippen molar-refractivity contribution >= 4 is 33.4 Å². The minimum absolute atomic E-state index is 0.0513. The predicted molar refractivity (Wildman–Crippen MR) is 89.3 cm³/mol. The van der Waals surface area contributed by atoms with E-state index < -0.39 is 5.54 Å². The second-order valence-electron chi connectivity index (χ2n) is 5.40. The molecule has 2 rings (SSSR count). The summed E-state index contributed by atoms with van der Waals surface area (Å²) in [6, 6.07) is 7.66. The molecule has 2 amide bonds. The number of benzene rings is 1. The van der Waals surface area contributed by atoms with Gasteiger partial charge in [-0.25, -0.2) is 0 Å². The maximum atomic E-state index is 12.4. The molecule has 5 heteroatoms. The van der Waals surface area contributed by atoms with Crippen molar-refractivity contribution in [3.05, 3.63) is 28.7 Å². The van der Waals surface area contributed by atoms with Crippen LogP contribution >= 0.6 is 15.9 Å². The van der Waals surface area contributed by atoms with Crippen molar-refractivity contribution in [2.45, 2.75) is 40.2 Å². The molecule has 0 aromatic heterocycles. The summed E-state index contributed by atoms with van der Waals surface area (Å²) in [5.41, 5.74) is 0.439. The standard InChI is InChI=1S/C14H17BrN2O2.C2H6/c1-10(18)16-8-13(19)17(14(2,3)9-16)12-6-4-5-11(15)7-12;1-2/h4-7H,8-9H2,1-3H3;1-2H3. The lowest BCUT2D eigenvalue weighted by molar-refractivity contribution is -0.137. The molecule has 1 aliphatic heterocycles. The van der Waals surface area contributed by atoms with Gasteiger partial charge in [0.15, 0.2) is 0 Å². The van der Waals surface area contributed by atoms with E-state index >= 15 is 0 Å². The topological polar surface area (TPSA) is 40.6 Å². The van der Waals surface area contributed by atoms with Gasteiger partial charge in [-0.15, -0.1) is 0 Å². The third-order valence-corrected chi connectivity index (χ3v) is 3.76. The first kappa shape index (κ1) is 17.7. The van der Waals surface area contributed by atoms with Gasteiger partial charge in [0.25, 0.3) is 0 Å². The number of anilines is 1. The van der Waals surface area contributed by atoms with Gasteiger partial charge in [0.1, 0.15) is 6.54 Å². The molecular formula is C16H23BrN2O2. The average molecular weight is 355 g/mol. The molecule has 0 saturated carbocycles. The van der Waals surface area contributed by atoms with Gasteiger partial charge in [-0.05, 0) is 32.0 Å². The Morgan fingerprint density at radius 2 is 1.90 bits per heavy atom. The molecule has 116 valence electrons. The highest BCUT2D eigenvalue weighted by molar-refractivity contribution is 9.10. The molecule has 0 bridgehead atoms. The molecular weight excluding hydrogens is 332 g/mol. The molecule has 1 saturated heterocycles. The second kappa shape index (κ2) is 7.07. The van der Waals surface area contributed by atoms with Crippen LogP contribution in [0.25, 0.3) is 0 Å². The normalized spacial score (nSPS) is 17.1. The van der Waals surface area contributed by atoms with Crippen molar-refractivity contribution in [1.29, 1.82) is 0 Å². The Kier molecular flexibility index (Phi) is 5.96. The van der Waals surface area contributed by atoms with Crippen molar-refractivity contribution in [3.63, 3.8) is 0 Å². The van der Waals surface area contributed by atoms with Crippen molar-refractivity contribution in [3.8, 4) is 0 Å². The van der Waals surface area contributed by atoms with Crippen LogP contribution < -0.4 is 4.90 Å². The highest BCUT2D eigenvalue weighted by Gasteiger charge is 2.40. The Balaban J connectivity index is 0.00000106. The number of rotatable bonds is 1. The molecule has 0 unspecified atom stereocenters. The van der Waals surface area contributed by atoms with Gasteiger partial charge in [0.2, 0.25) is 11.8 Å². The number of nitrogens with zero attached hydrogens (tertiary/aromatic N) is 2. The summed E-state index contributed by atoms with van der Waals surface area (Å²) in [4.78, 5) is 27.2. The van der Waals surface area contributed by atoms with Crippen LogP contribution in [0.5, 0.6) is 0 Å². The van der Waals surface area contributed by atoms with Crippen molar-refractivity contribution in [1.82, 2.24) is 4.90 Å². The predicted octanol–water partition coefficient (Wildman–Crippen LogP) is 3.45. The Hall–Kier alpha value is -1.36. The Morgan fingerprint density at radius 3 is 2.38 bits per heavy atom. The fraction of sp³-hybridized carbons (Fsp3) is 0.500. The van der Waals surface area contributed by atoms with E-state index in [-0.39, 0.29) is 18.4 Å². The average Bonchev–Trinajstić information content (AvgIpc) is 2.39. The first-order chi connectivity index (χ1) is 9.81. The lowest BCUT2D eigenvalue weighted by atomic mass is 9.97. The van der Waals surface area contributed by atoms with Crippen molar-refractivity contribution in [2.24, 2.45) is 0 Å².